The molecule has 0 saturated heterocycles. The molecule has 154 valence electrons. The van der Waals surface area contributed by atoms with Gasteiger partial charge in [-0.2, -0.15) is 4.98 Å². The average molecular weight is 403 g/mol. The van der Waals surface area contributed by atoms with E-state index in [1.165, 1.54) is 11.1 Å². The van der Waals surface area contributed by atoms with Crippen LogP contribution in [0.25, 0.3) is 0 Å². The molecule has 4 heterocycles. The fourth-order valence-electron chi connectivity index (χ4n) is 4.06. The molecule has 1 aliphatic heterocycles. The van der Waals surface area contributed by atoms with Gasteiger partial charge in [0, 0.05) is 43.0 Å². The molecule has 3 aromatic rings. The Labute approximate surface area is 176 Å². The van der Waals surface area contributed by atoms with E-state index in [0.717, 1.165) is 48.9 Å². The maximum atomic E-state index is 6.22. The highest BCUT2D eigenvalue weighted by atomic mass is 16.5. The second-order valence-corrected chi connectivity index (χ2v) is 7.96. The molecule has 0 unspecified atom stereocenters. The third-order valence-corrected chi connectivity index (χ3v) is 5.95. The summed E-state index contributed by atoms with van der Waals surface area (Å²) in [6.07, 6.45) is 9.54. The normalized spacial score (nSPS) is 19.9. The van der Waals surface area contributed by atoms with Crippen molar-refractivity contribution in [2.75, 3.05) is 25.2 Å². The summed E-state index contributed by atoms with van der Waals surface area (Å²) in [5.41, 5.74) is 4.68. The van der Waals surface area contributed by atoms with E-state index in [4.69, 9.17) is 9.47 Å². The molecular weight excluding hydrogens is 378 g/mol. The summed E-state index contributed by atoms with van der Waals surface area (Å²) in [7, 11) is 1.66. The van der Waals surface area contributed by atoms with E-state index >= 15 is 0 Å². The van der Waals surface area contributed by atoms with Crippen molar-refractivity contribution in [1.29, 1.82) is 0 Å². The van der Waals surface area contributed by atoms with E-state index in [2.05, 4.69) is 30.9 Å². The number of pyridine rings is 2. The number of hydrogen-bond acceptors (Lipinski definition) is 7. The molecule has 1 fully saturated rings. The lowest BCUT2D eigenvalue weighted by Gasteiger charge is -2.31. The maximum Gasteiger partial charge on any atom is 0.240 e. The molecule has 0 radical (unpaired) electrons. The molecule has 30 heavy (non-hydrogen) atoms. The van der Waals surface area contributed by atoms with Gasteiger partial charge < -0.3 is 14.4 Å². The average Bonchev–Trinajstić information content (AvgIpc) is 3.57. The van der Waals surface area contributed by atoms with Gasteiger partial charge in [-0.25, -0.2) is 4.98 Å². The number of fused-ring (bicyclic) bond motifs is 1. The van der Waals surface area contributed by atoms with Crippen molar-refractivity contribution in [1.82, 2.24) is 19.9 Å². The Bertz CT molecular complexity index is 1040. The standard InChI is InChI=1S/C23H25N5O2/c1-15-25-12-22(28-8-6-16-10-24-7-5-17(16)13-28)23(27-15)30-14-18-9-20(18)21-4-3-19(29-2)11-26-21/h3-5,7,10-12,18,20H,6,8-9,13-14H2,1-2H3/t18-,20+/m1/s1. The predicted molar refractivity (Wildman–Crippen MR) is 113 cm³/mol. The van der Waals surface area contributed by atoms with E-state index in [9.17, 15) is 0 Å². The Morgan fingerprint density at radius 3 is 2.87 bits per heavy atom. The number of methoxy groups -OCH3 is 1. The topological polar surface area (TPSA) is 73.3 Å². The second-order valence-electron chi connectivity index (χ2n) is 7.96. The molecule has 2 aliphatic rings. The fraction of sp³-hybridized carbons (Fsp3) is 0.391. The first kappa shape index (κ1) is 18.8. The molecule has 1 saturated carbocycles. The summed E-state index contributed by atoms with van der Waals surface area (Å²) in [4.78, 5) is 20.1. The molecule has 5 rings (SSSR count). The molecule has 0 amide bonds. The SMILES string of the molecule is COc1ccc([C@H]2C[C@@H]2COc2nc(C)ncc2N2CCc3cnccc3C2)nc1. The minimum absolute atomic E-state index is 0.441. The number of nitrogens with zero attached hydrogens (tertiary/aromatic N) is 5. The van der Waals surface area contributed by atoms with Gasteiger partial charge >= 0.3 is 0 Å². The Morgan fingerprint density at radius 1 is 1.10 bits per heavy atom. The van der Waals surface area contributed by atoms with Gasteiger partial charge in [0.2, 0.25) is 5.88 Å². The van der Waals surface area contributed by atoms with E-state index in [0.29, 0.717) is 24.3 Å². The van der Waals surface area contributed by atoms with Crippen molar-refractivity contribution in [2.24, 2.45) is 5.92 Å². The van der Waals surface area contributed by atoms with Crippen molar-refractivity contribution in [3.05, 3.63) is 65.6 Å². The van der Waals surface area contributed by atoms with Crippen LogP contribution < -0.4 is 14.4 Å². The van der Waals surface area contributed by atoms with Crippen LogP contribution in [-0.4, -0.2) is 40.2 Å². The fourth-order valence-corrected chi connectivity index (χ4v) is 4.06. The van der Waals surface area contributed by atoms with Crippen molar-refractivity contribution >= 4 is 5.69 Å². The third-order valence-electron chi connectivity index (χ3n) is 5.95. The lowest BCUT2D eigenvalue weighted by molar-refractivity contribution is 0.284. The van der Waals surface area contributed by atoms with Gasteiger partial charge in [0.05, 0.1) is 26.1 Å². The Hall–Kier alpha value is -3.22. The van der Waals surface area contributed by atoms with E-state index in [1.807, 2.05) is 37.6 Å². The van der Waals surface area contributed by atoms with Crippen LogP contribution in [0.2, 0.25) is 0 Å². The van der Waals surface area contributed by atoms with E-state index in [1.54, 1.807) is 13.3 Å². The minimum atomic E-state index is 0.441. The molecular formula is C23H25N5O2. The largest absolute Gasteiger partial charge is 0.495 e. The number of aromatic nitrogens is 4. The van der Waals surface area contributed by atoms with Crippen molar-refractivity contribution in [3.63, 3.8) is 0 Å². The molecule has 0 N–H and O–H groups in total. The first-order valence-electron chi connectivity index (χ1n) is 10.3. The molecule has 0 spiro atoms. The zero-order valence-electron chi connectivity index (χ0n) is 17.3. The van der Waals surface area contributed by atoms with Gasteiger partial charge in [-0.3, -0.25) is 9.97 Å². The molecule has 0 bridgehead atoms. The Kier molecular flexibility index (Phi) is 4.94. The van der Waals surface area contributed by atoms with Gasteiger partial charge in [-0.15, -0.1) is 0 Å². The van der Waals surface area contributed by atoms with Crippen LogP contribution in [0.1, 0.15) is 35.0 Å². The molecule has 3 aromatic heterocycles. The Balaban J connectivity index is 1.27. The maximum absolute atomic E-state index is 6.22. The highest BCUT2D eigenvalue weighted by molar-refractivity contribution is 5.55. The lowest BCUT2D eigenvalue weighted by atomic mass is 10.0. The number of hydrogen-bond donors (Lipinski definition) is 0. The van der Waals surface area contributed by atoms with Crippen LogP contribution in [0.3, 0.4) is 0 Å². The van der Waals surface area contributed by atoms with Crippen molar-refractivity contribution in [2.45, 2.75) is 32.2 Å². The lowest BCUT2D eigenvalue weighted by Crippen LogP contribution is -2.31. The number of ether oxygens (including phenoxy) is 2. The molecule has 1 aliphatic carbocycles. The number of aryl methyl sites for hydroxylation is 1. The summed E-state index contributed by atoms with van der Waals surface area (Å²) in [6.45, 7) is 4.26. The van der Waals surface area contributed by atoms with Crippen molar-refractivity contribution < 1.29 is 9.47 Å². The Morgan fingerprint density at radius 2 is 2.03 bits per heavy atom. The first-order valence-corrected chi connectivity index (χ1v) is 10.3. The summed E-state index contributed by atoms with van der Waals surface area (Å²) in [5.74, 6) is 3.08. The van der Waals surface area contributed by atoms with E-state index in [-0.39, 0.29) is 0 Å². The summed E-state index contributed by atoms with van der Waals surface area (Å²) < 4.78 is 11.4. The molecule has 7 nitrogen and oxygen atoms in total. The predicted octanol–water partition coefficient (Wildman–Crippen LogP) is 3.33. The molecule has 7 heteroatoms. The van der Waals surface area contributed by atoms with Gasteiger partial charge in [0.1, 0.15) is 17.3 Å². The van der Waals surface area contributed by atoms with Crippen LogP contribution >= 0.6 is 0 Å². The van der Waals surface area contributed by atoms with Gasteiger partial charge in [0.25, 0.3) is 0 Å². The highest BCUT2D eigenvalue weighted by Crippen LogP contribution is 2.47. The van der Waals surface area contributed by atoms with Crippen LogP contribution in [0.5, 0.6) is 11.6 Å². The third kappa shape index (κ3) is 3.79. The smallest absolute Gasteiger partial charge is 0.240 e. The van der Waals surface area contributed by atoms with Gasteiger partial charge in [-0.05, 0) is 49.1 Å². The van der Waals surface area contributed by atoms with Crippen LogP contribution in [0, 0.1) is 12.8 Å². The zero-order valence-corrected chi connectivity index (χ0v) is 17.3. The van der Waals surface area contributed by atoms with Crippen molar-refractivity contribution in [3.8, 4) is 11.6 Å². The monoisotopic (exact) mass is 403 g/mol. The molecule has 0 aromatic carbocycles. The van der Waals surface area contributed by atoms with Crippen LogP contribution in [0.15, 0.2) is 43.0 Å². The summed E-state index contributed by atoms with van der Waals surface area (Å²) >= 11 is 0. The second kappa shape index (κ2) is 7.89. The van der Waals surface area contributed by atoms with Gasteiger partial charge in [0.15, 0.2) is 0 Å². The number of rotatable bonds is 6. The zero-order chi connectivity index (χ0) is 20.5. The van der Waals surface area contributed by atoms with E-state index < -0.39 is 0 Å². The quantitative estimate of drug-likeness (QED) is 0.625. The van der Waals surface area contributed by atoms with Gasteiger partial charge in [-0.1, -0.05) is 0 Å². The van der Waals surface area contributed by atoms with Crippen LogP contribution in [-0.2, 0) is 13.0 Å². The highest BCUT2D eigenvalue weighted by Gasteiger charge is 2.40. The van der Waals surface area contributed by atoms with Crippen LogP contribution in [0.4, 0.5) is 5.69 Å². The minimum Gasteiger partial charge on any atom is -0.495 e. The number of anilines is 1. The first-order chi connectivity index (χ1) is 14.7. The molecule has 2 atom stereocenters. The summed E-state index contributed by atoms with van der Waals surface area (Å²) in [5, 5.41) is 0. The summed E-state index contributed by atoms with van der Waals surface area (Å²) in [6, 6.07) is 6.10.